The average Bonchev–Trinajstić information content (AvgIpc) is 3.03. The van der Waals surface area contributed by atoms with Crippen LogP contribution in [0, 0.1) is 6.92 Å². The molecule has 0 unspecified atom stereocenters. The number of nitrogens with zero attached hydrogens (tertiary/aromatic N) is 2. The minimum Gasteiger partial charge on any atom is -0.322 e. The Balaban J connectivity index is 1.97. The molecule has 0 aliphatic carbocycles. The molecule has 29 heavy (non-hydrogen) atoms. The summed E-state index contributed by atoms with van der Waals surface area (Å²) in [4.78, 5) is 4.62. The molecule has 0 fully saturated rings. The van der Waals surface area contributed by atoms with Gasteiger partial charge in [-0.3, -0.25) is 0 Å². The summed E-state index contributed by atoms with van der Waals surface area (Å²) in [6.07, 6.45) is 0. The number of halogens is 3. The highest BCUT2D eigenvalue weighted by Crippen LogP contribution is 2.35. The summed E-state index contributed by atoms with van der Waals surface area (Å²) in [6, 6.07) is 16.9. The van der Waals surface area contributed by atoms with Gasteiger partial charge in [-0.15, -0.1) is 0 Å². The van der Waals surface area contributed by atoms with Crippen molar-refractivity contribution in [3.63, 3.8) is 0 Å². The van der Waals surface area contributed by atoms with E-state index in [0.29, 0.717) is 26.8 Å². The molecule has 4 aromatic rings. The van der Waals surface area contributed by atoms with E-state index in [1.165, 1.54) is 0 Å². The van der Waals surface area contributed by atoms with Crippen molar-refractivity contribution in [1.82, 2.24) is 8.96 Å². The molecular formula is C20H14BrCl2N3O2S. The minimum atomic E-state index is -3.95. The Morgan fingerprint density at radius 2 is 1.66 bits per heavy atom. The van der Waals surface area contributed by atoms with Crippen molar-refractivity contribution in [2.75, 3.05) is 5.32 Å². The van der Waals surface area contributed by atoms with Crippen molar-refractivity contribution in [1.29, 1.82) is 0 Å². The Morgan fingerprint density at radius 1 is 1.00 bits per heavy atom. The third kappa shape index (κ3) is 3.75. The van der Waals surface area contributed by atoms with Gasteiger partial charge in [0.2, 0.25) is 5.95 Å². The van der Waals surface area contributed by atoms with E-state index in [1.807, 2.05) is 6.92 Å². The lowest BCUT2D eigenvalue weighted by Gasteiger charge is -2.13. The van der Waals surface area contributed by atoms with Gasteiger partial charge in [0.25, 0.3) is 10.0 Å². The molecule has 1 aromatic heterocycles. The second-order valence-electron chi connectivity index (χ2n) is 6.37. The number of para-hydroxylation sites is 1. The van der Waals surface area contributed by atoms with Crippen LogP contribution in [-0.2, 0) is 10.0 Å². The molecular weight excluding hydrogens is 497 g/mol. The predicted octanol–water partition coefficient (Wildman–Crippen LogP) is 6.39. The van der Waals surface area contributed by atoms with Gasteiger partial charge in [-0.1, -0.05) is 62.9 Å². The van der Waals surface area contributed by atoms with Crippen LogP contribution in [0.1, 0.15) is 5.56 Å². The van der Waals surface area contributed by atoms with E-state index < -0.39 is 10.0 Å². The van der Waals surface area contributed by atoms with E-state index in [0.717, 1.165) is 14.0 Å². The number of rotatable bonds is 4. The largest absolute Gasteiger partial charge is 0.322 e. The fourth-order valence-corrected chi connectivity index (χ4v) is 5.15. The second kappa shape index (κ2) is 7.65. The van der Waals surface area contributed by atoms with Gasteiger partial charge in [0.15, 0.2) is 0 Å². The molecule has 3 aromatic carbocycles. The van der Waals surface area contributed by atoms with Crippen LogP contribution in [0.3, 0.4) is 0 Å². The molecule has 0 saturated heterocycles. The Hall–Kier alpha value is -2.06. The molecule has 0 amide bonds. The Bertz CT molecular complexity index is 1320. The Morgan fingerprint density at radius 3 is 2.31 bits per heavy atom. The normalized spacial score (nSPS) is 11.7. The van der Waals surface area contributed by atoms with Gasteiger partial charge < -0.3 is 5.32 Å². The third-order valence-corrected chi connectivity index (χ3v) is 7.18. The number of fused-ring (bicyclic) bond motifs is 1. The molecule has 1 heterocycles. The van der Waals surface area contributed by atoms with Crippen LogP contribution >= 0.6 is 39.1 Å². The van der Waals surface area contributed by atoms with Crippen molar-refractivity contribution in [3.05, 3.63) is 80.7 Å². The van der Waals surface area contributed by atoms with Crippen LogP contribution in [0.2, 0.25) is 10.0 Å². The van der Waals surface area contributed by atoms with Gasteiger partial charge in [0, 0.05) is 4.47 Å². The molecule has 0 aliphatic rings. The lowest BCUT2D eigenvalue weighted by molar-refractivity contribution is 0.589. The fourth-order valence-electron chi connectivity index (χ4n) is 2.89. The smallest absolute Gasteiger partial charge is 0.271 e. The molecule has 0 bridgehead atoms. The van der Waals surface area contributed by atoms with E-state index in [1.54, 1.807) is 60.7 Å². The minimum absolute atomic E-state index is 0.0914. The second-order valence-corrected chi connectivity index (χ2v) is 9.89. The zero-order valence-corrected chi connectivity index (χ0v) is 18.9. The summed E-state index contributed by atoms with van der Waals surface area (Å²) in [7, 11) is -3.95. The summed E-state index contributed by atoms with van der Waals surface area (Å²) in [5.41, 5.74) is 2.27. The lowest BCUT2D eigenvalue weighted by atomic mass is 10.2. The molecule has 0 radical (unpaired) electrons. The van der Waals surface area contributed by atoms with Gasteiger partial charge in [-0.2, -0.15) is 0 Å². The van der Waals surface area contributed by atoms with Gasteiger partial charge in [-0.05, 0) is 49.4 Å². The maximum atomic E-state index is 13.5. The van der Waals surface area contributed by atoms with Crippen molar-refractivity contribution in [3.8, 4) is 0 Å². The number of hydrogen-bond donors (Lipinski definition) is 1. The molecule has 1 N–H and O–H groups in total. The Labute approximate surface area is 186 Å². The zero-order chi connectivity index (χ0) is 20.8. The molecule has 9 heteroatoms. The summed E-state index contributed by atoms with van der Waals surface area (Å²) in [5.74, 6) is 0.0914. The molecule has 0 spiro atoms. The van der Waals surface area contributed by atoms with Crippen LogP contribution in [0.4, 0.5) is 11.6 Å². The number of anilines is 2. The van der Waals surface area contributed by atoms with Gasteiger partial charge in [-0.25, -0.2) is 17.4 Å². The van der Waals surface area contributed by atoms with Crippen molar-refractivity contribution in [2.24, 2.45) is 0 Å². The predicted molar refractivity (Wildman–Crippen MR) is 121 cm³/mol. The van der Waals surface area contributed by atoms with E-state index >= 15 is 0 Å². The fraction of sp³-hybridized carbons (Fsp3) is 0.0500. The van der Waals surface area contributed by atoms with Gasteiger partial charge in [0.1, 0.15) is 0 Å². The number of imidazole rings is 1. The number of hydrogen-bond acceptors (Lipinski definition) is 4. The first kappa shape index (κ1) is 20.2. The summed E-state index contributed by atoms with van der Waals surface area (Å²) < 4.78 is 28.9. The first-order valence-electron chi connectivity index (χ1n) is 8.48. The molecule has 0 atom stereocenters. The standard InChI is InChI=1S/C20H14BrCl2N3O2S/c1-12-5-8-14(9-6-12)29(27,28)26-18-11-13(21)7-10-17(18)24-20(26)25-19-15(22)3-2-4-16(19)23/h2-11H,1H3,(H,24,25). The lowest BCUT2D eigenvalue weighted by Crippen LogP contribution is -2.15. The van der Waals surface area contributed by atoms with Gasteiger partial charge >= 0.3 is 0 Å². The maximum absolute atomic E-state index is 13.5. The highest BCUT2D eigenvalue weighted by atomic mass is 79.9. The molecule has 148 valence electrons. The van der Waals surface area contributed by atoms with E-state index in [-0.39, 0.29) is 10.8 Å². The molecule has 4 rings (SSSR count). The average molecular weight is 511 g/mol. The zero-order valence-electron chi connectivity index (χ0n) is 15.0. The van der Waals surface area contributed by atoms with Crippen LogP contribution < -0.4 is 5.32 Å². The highest BCUT2D eigenvalue weighted by molar-refractivity contribution is 9.10. The monoisotopic (exact) mass is 509 g/mol. The maximum Gasteiger partial charge on any atom is 0.271 e. The first-order chi connectivity index (χ1) is 13.8. The van der Waals surface area contributed by atoms with E-state index in [9.17, 15) is 8.42 Å². The van der Waals surface area contributed by atoms with E-state index in [2.05, 4.69) is 26.2 Å². The molecule has 5 nitrogen and oxygen atoms in total. The van der Waals surface area contributed by atoms with Crippen molar-refractivity contribution < 1.29 is 8.42 Å². The number of aromatic nitrogens is 2. The molecule has 0 saturated carbocycles. The van der Waals surface area contributed by atoms with Crippen LogP contribution in [0.25, 0.3) is 11.0 Å². The Kier molecular flexibility index (Phi) is 5.33. The first-order valence-corrected chi connectivity index (χ1v) is 11.5. The number of aryl methyl sites for hydroxylation is 1. The van der Waals surface area contributed by atoms with Crippen LogP contribution in [0.15, 0.2) is 70.0 Å². The summed E-state index contributed by atoms with van der Waals surface area (Å²) in [5, 5.41) is 3.70. The van der Waals surface area contributed by atoms with Crippen LogP contribution in [-0.4, -0.2) is 17.4 Å². The summed E-state index contributed by atoms with van der Waals surface area (Å²) in [6.45, 7) is 1.90. The van der Waals surface area contributed by atoms with Crippen molar-refractivity contribution in [2.45, 2.75) is 11.8 Å². The quantitative estimate of drug-likeness (QED) is 0.345. The number of benzene rings is 3. The van der Waals surface area contributed by atoms with Crippen molar-refractivity contribution >= 4 is 71.8 Å². The van der Waals surface area contributed by atoms with E-state index in [4.69, 9.17) is 23.2 Å². The SMILES string of the molecule is Cc1ccc(S(=O)(=O)n2c(Nc3c(Cl)cccc3Cl)nc3ccc(Br)cc32)cc1. The molecule has 0 aliphatic heterocycles. The summed E-state index contributed by atoms with van der Waals surface area (Å²) >= 11 is 15.9. The number of nitrogens with one attached hydrogen (secondary N) is 1. The third-order valence-electron chi connectivity index (χ3n) is 4.33. The topological polar surface area (TPSA) is 64.0 Å². The van der Waals surface area contributed by atoms with Gasteiger partial charge in [0.05, 0.1) is 31.7 Å². The van der Waals surface area contributed by atoms with Crippen LogP contribution in [0.5, 0.6) is 0 Å². The highest BCUT2D eigenvalue weighted by Gasteiger charge is 2.25.